The van der Waals surface area contributed by atoms with Crippen LogP contribution in [0, 0.1) is 3.57 Å². The number of ether oxygens (including phenoxy) is 1. The molecule has 0 saturated carbocycles. The number of hydrogen-bond acceptors (Lipinski definition) is 3. The van der Waals surface area contributed by atoms with Gasteiger partial charge in [-0.25, -0.2) is 4.79 Å². The highest BCUT2D eigenvalue weighted by Gasteiger charge is 2.13. The lowest BCUT2D eigenvalue weighted by molar-refractivity contribution is 0.0596. The molecule has 0 fully saturated rings. The molecule has 1 heterocycles. The molecular formula is C9H7IN2O2. The molecule has 0 atom stereocenters. The van der Waals surface area contributed by atoms with Gasteiger partial charge >= 0.3 is 5.97 Å². The summed E-state index contributed by atoms with van der Waals surface area (Å²) in [5, 5.41) is 7.48. The second-order valence-corrected chi connectivity index (χ2v) is 4.00. The molecule has 1 N–H and O–H groups in total. The maximum Gasteiger partial charge on any atom is 0.359 e. The third-order valence-electron chi connectivity index (χ3n) is 1.90. The van der Waals surface area contributed by atoms with E-state index in [1.165, 1.54) is 7.11 Å². The van der Waals surface area contributed by atoms with Crippen molar-refractivity contribution in [3.8, 4) is 0 Å². The molecule has 4 nitrogen and oxygen atoms in total. The normalized spacial score (nSPS) is 10.4. The van der Waals surface area contributed by atoms with Gasteiger partial charge < -0.3 is 4.74 Å². The zero-order valence-electron chi connectivity index (χ0n) is 7.37. The van der Waals surface area contributed by atoms with E-state index in [-0.39, 0.29) is 0 Å². The SMILES string of the molecule is COC(=O)c1n[nH]c2ccc(I)cc12. The number of fused-ring (bicyclic) bond motifs is 1. The Morgan fingerprint density at radius 3 is 3.07 bits per heavy atom. The van der Waals surface area contributed by atoms with E-state index in [4.69, 9.17) is 0 Å². The molecule has 1 aromatic heterocycles. The largest absolute Gasteiger partial charge is 0.464 e. The van der Waals surface area contributed by atoms with Gasteiger partial charge in [-0.2, -0.15) is 5.10 Å². The molecule has 0 unspecified atom stereocenters. The maximum absolute atomic E-state index is 11.3. The molecule has 0 radical (unpaired) electrons. The molecule has 14 heavy (non-hydrogen) atoms. The maximum atomic E-state index is 11.3. The molecule has 0 aliphatic rings. The zero-order valence-corrected chi connectivity index (χ0v) is 9.53. The van der Waals surface area contributed by atoms with Crippen LogP contribution in [0.4, 0.5) is 0 Å². The van der Waals surface area contributed by atoms with Crippen LogP contribution in [0.5, 0.6) is 0 Å². The van der Waals surface area contributed by atoms with Gasteiger partial charge in [0.2, 0.25) is 0 Å². The Labute approximate surface area is 93.8 Å². The Bertz CT molecular complexity index is 493. The van der Waals surface area contributed by atoms with E-state index in [1.807, 2.05) is 18.2 Å². The third-order valence-corrected chi connectivity index (χ3v) is 2.57. The number of nitrogens with one attached hydrogen (secondary N) is 1. The number of esters is 1. The number of aromatic amines is 1. The minimum atomic E-state index is -0.418. The van der Waals surface area contributed by atoms with E-state index in [9.17, 15) is 4.79 Å². The highest BCUT2D eigenvalue weighted by molar-refractivity contribution is 14.1. The van der Waals surface area contributed by atoms with Crippen molar-refractivity contribution in [1.29, 1.82) is 0 Å². The van der Waals surface area contributed by atoms with Crippen molar-refractivity contribution >= 4 is 39.5 Å². The molecule has 0 saturated heterocycles. The van der Waals surface area contributed by atoms with Crippen molar-refractivity contribution in [3.63, 3.8) is 0 Å². The Hall–Kier alpha value is -1.11. The Balaban J connectivity index is 2.67. The minimum Gasteiger partial charge on any atom is -0.464 e. The lowest BCUT2D eigenvalue weighted by Crippen LogP contribution is -2.01. The molecule has 0 aliphatic carbocycles. The third kappa shape index (κ3) is 1.47. The molecule has 0 amide bonds. The fourth-order valence-electron chi connectivity index (χ4n) is 1.24. The molecule has 72 valence electrons. The summed E-state index contributed by atoms with van der Waals surface area (Å²) < 4.78 is 5.68. The van der Waals surface area contributed by atoms with Crippen LogP contribution in [0.25, 0.3) is 10.9 Å². The van der Waals surface area contributed by atoms with Crippen molar-refractivity contribution in [3.05, 3.63) is 27.5 Å². The number of rotatable bonds is 1. The van der Waals surface area contributed by atoms with Gasteiger partial charge in [-0.15, -0.1) is 0 Å². The lowest BCUT2D eigenvalue weighted by Gasteiger charge is -1.94. The summed E-state index contributed by atoms with van der Waals surface area (Å²) in [6, 6.07) is 5.73. The van der Waals surface area contributed by atoms with Crippen molar-refractivity contribution in [2.45, 2.75) is 0 Å². The smallest absolute Gasteiger partial charge is 0.359 e. The Kier molecular flexibility index (Phi) is 2.40. The Morgan fingerprint density at radius 1 is 1.57 bits per heavy atom. The van der Waals surface area contributed by atoms with Gasteiger partial charge in [0, 0.05) is 8.96 Å². The number of hydrogen-bond donors (Lipinski definition) is 1. The summed E-state index contributed by atoms with van der Waals surface area (Å²) in [7, 11) is 1.34. The van der Waals surface area contributed by atoms with Gasteiger partial charge in [-0.1, -0.05) is 0 Å². The number of methoxy groups -OCH3 is 1. The standard InChI is InChI=1S/C9H7IN2O2/c1-14-9(13)8-6-4-5(10)2-3-7(6)11-12-8/h2-4H,1H3,(H,11,12). The molecule has 2 aromatic rings. The summed E-state index contributed by atoms with van der Waals surface area (Å²) in [6.07, 6.45) is 0. The predicted molar refractivity (Wildman–Crippen MR) is 60.2 cm³/mol. The van der Waals surface area contributed by atoms with Crippen LogP contribution in [0.1, 0.15) is 10.5 Å². The quantitative estimate of drug-likeness (QED) is 0.647. The first-order chi connectivity index (χ1) is 6.72. The summed E-state index contributed by atoms with van der Waals surface area (Å²) in [5.74, 6) is -0.418. The van der Waals surface area contributed by atoms with Crippen molar-refractivity contribution < 1.29 is 9.53 Å². The van der Waals surface area contributed by atoms with Gasteiger partial charge in [0.1, 0.15) is 0 Å². The minimum absolute atomic E-state index is 0.334. The van der Waals surface area contributed by atoms with E-state index >= 15 is 0 Å². The van der Waals surface area contributed by atoms with Crippen LogP contribution in [0.15, 0.2) is 18.2 Å². The lowest BCUT2D eigenvalue weighted by atomic mass is 10.2. The fraction of sp³-hybridized carbons (Fsp3) is 0.111. The van der Waals surface area contributed by atoms with Gasteiger partial charge in [0.25, 0.3) is 0 Å². The molecule has 2 rings (SSSR count). The molecule has 1 aromatic carbocycles. The zero-order chi connectivity index (χ0) is 10.1. The average molecular weight is 302 g/mol. The molecule has 0 spiro atoms. The first-order valence-corrected chi connectivity index (χ1v) is 5.02. The van der Waals surface area contributed by atoms with Crippen LogP contribution < -0.4 is 0 Å². The highest BCUT2D eigenvalue weighted by Crippen LogP contribution is 2.19. The average Bonchev–Trinajstić information content (AvgIpc) is 2.59. The Morgan fingerprint density at radius 2 is 2.36 bits per heavy atom. The fourth-order valence-corrected chi connectivity index (χ4v) is 1.73. The summed E-state index contributed by atoms with van der Waals surface area (Å²) in [4.78, 5) is 11.3. The van der Waals surface area contributed by atoms with Crippen molar-refractivity contribution in [2.24, 2.45) is 0 Å². The molecule has 0 bridgehead atoms. The second-order valence-electron chi connectivity index (χ2n) is 2.75. The number of benzene rings is 1. The van der Waals surface area contributed by atoms with E-state index in [0.717, 1.165) is 14.5 Å². The van der Waals surface area contributed by atoms with Crippen LogP contribution in [-0.2, 0) is 4.74 Å². The summed E-state index contributed by atoms with van der Waals surface area (Å²) in [6.45, 7) is 0. The van der Waals surface area contributed by atoms with Crippen molar-refractivity contribution in [2.75, 3.05) is 7.11 Å². The van der Waals surface area contributed by atoms with E-state index in [2.05, 4.69) is 37.5 Å². The molecule has 0 aliphatic heterocycles. The number of carbonyl (C=O) groups is 1. The number of aromatic nitrogens is 2. The number of nitrogens with zero attached hydrogens (tertiary/aromatic N) is 1. The number of H-pyrrole nitrogens is 1. The van der Waals surface area contributed by atoms with Gasteiger partial charge in [0.15, 0.2) is 5.69 Å². The second kappa shape index (κ2) is 3.56. The van der Waals surface area contributed by atoms with E-state index < -0.39 is 5.97 Å². The van der Waals surface area contributed by atoms with E-state index in [0.29, 0.717) is 5.69 Å². The number of carbonyl (C=O) groups excluding carboxylic acids is 1. The van der Waals surface area contributed by atoms with Crippen molar-refractivity contribution in [1.82, 2.24) is 10.2 Å². The topological polar surface area (TPSA) is 55.0 Å². The van der Waals surface area contributed by atoms with Crippen LogP contribution >= 0.6 is 22.6 Å². The predicted octanol–water partition coefficient (Wildman–Crippen LogP) is 1.95. The highest BCUT2D eigenvalue weighted by atomic mass is 127. The van der Waals surface area contributed by atoms with Crippen LogP contribution in [0.2, 0.25) is 0 Å². The van der Waals surface area contributed by atoms with Gasteiger partial charge in [-0.3, -0.25) is 5.10 Å². The summed E-state index contributed by atoms with van der Waals surface area (Å²) in [5.41, 5.74) is 1.17. The van der Waals surface area contributed by atoms with E-state index in [1.54, 1.807) is 0 Å². The monoisotopic (exact) mass is 302 g/mol. The first kappa shape index (κ1) is 9.45. The molecule has 5 heteroatoms. The van der Waals surface area contributed by atoms with Crippen LogP contribution in [-0.4, -0.2) is 23.3 Å². The molecular weight excluding hydrogens is 295 g/mol. The first-order valence-electron chi connectivity index (χ1n) is 3.94. The van der Waals surface area contributed by atoms with Gasteiger partial charge in [0.05, 0.1) is 12.6 Å². The summed E-state index contributed by atoms with van der Waals surface area (Å²) >= 11 is 2.18. The van der Waals surface area contributed by atoms with Gasteiger partial charge in [-0.05, 0) is 40.8 Å². The number of halogens is 1. The van der Waals surface area contributed by atoms with Crippen LogP contribution in [0.3, 0.4) is 0 Å².